The second kappa shape index (κ2) is 25.2. The fourth-order valence-electron chi connectivity index (χ4n) is 15.7. The van der Waals surface area contributed by atoms with Crippen LogP contribution in [0.5, 0.6) is 0 Å². The first kappa shape index (κ1) is 64.1. The van der Waals surface area contributed by atoms with Crippen LogP contribution in [0, 0.1) is 0 Å². The molecule has 0 unspecified atom stereocenters. The van der Waals surface area contributed by atoms with E-state index in [9.17, 15) is 0 Å². The lowest BCUT2D eigenvalue weighted by atomic mass is 10.1. The lowest BCUT2D eigenvalue weighted by Gasteiger charge is -2.18. The number of aromatic nitrogens is 12. The van der Waals surface area contributed by atoms with Gasteiger partial charge in [0.05, 0.1) is 97.1 Å². The summed E-state index contributed by atoms with van der Waals surface area (Å²) in [5.74, 6) is 1.84. The Balaban J connectivity index is 0.000000146. The van der Waals surface area contributed by atoms with Gasteiger partial charge in [-0.25, -0.2) is 39.9 Å². The minimum atomic E-state index is -2.04. The standard InChI is InChI=1S/C54H36N6S2Si.C36H24N6S2Si/c1-63(2)49-31-47-43(57-53(61-47)35-17-13-15-33(27-35)51-55-41-23-9-11-25-45(41)59(51)37-19-5-3-6-20-37)29-39(49)40-30-44-48(32-50(40)63)62-54(58-44)36-18-14-16-34(28-36)52-56-42-24-10-12-26-46(42)60(52)38-21-7-4-8-22-38;1-45(2)33-19-31-29(41-35(43-31)27-13-7-11-25(39-27)23-9-3-5-15-37-23)17-21(33)22-18-30-32(20-34(22)45)44-36(42-30)28-14-8-12-26(40-28)24-10-4-6-16-38-24/h3-32H,1-2H3;3-20H,1-2H3. The minimum Gasteiger partial charge on any atom is -0.292 e. The van der Waals surface area contributed by atoms with Crippen LogP contribution in [0.15, 0.2) is 291 Å². The van der Waals surface area contributed by atoms with Gasteiger partial charge in [-0.2, -0.15) is 0 Å². The number of benzene rings is 10. The fourth-order valence-corrected chi connectivity index (χ4v) is 26.2. The highest BCUT2D eigenvalue weighted by Gasteiger charge is 2.41. The maximum absolute atomic E-state index is 5.30. The molecule has 0 atom stereocenters. The van der Waals surface area contributed by atoms with Crippen molar-refractivity contribution in [2.75, 3.05) is 0 Å². The Morgan fingerprint density at radius 3 is 0.963 bits per heavy atom. The highest BCUT2D eigenvalue weighted by molar-refractivity contribution is 7.23. The number of pyridine rings is 4. The number of thiazole rings is 4. The van der Waals surface area contributed by atoms with Gasteiger partial charge in [-0.15, -0.1) is 45.3 Å². The molecule has 0 bridgehead atoms. The second-order valence-corrected chi connectivity index (χ2v) is 41.2. The third-order valence-corrected chi connectivity index (χ3v) is 32.3. The largest absolute Gasteiger partial charge is 0.292 e. The molecule has 108 heavy (non-hydrogen) atoms. The van der Waals surface area contributed by atoms with Crippen LogP contribution in [-0.2, 0) is 0 Å². The van der Waals surface area contributed by atoms with Crippen molar-refractivity contribution < 1.29 is 0 Å². The smallest absolute Gasteiger partial charge is 0.145 e. The van der Waals surface area contributed by atoms with Crippen molar-refractivity contribution in [3.63, 3.8) is 0 Å². The van der Waals surface area contributed by atoms with Crippen molar-refractivity contribution in [1.82, 2.24) is 59.0 Å². The van der Waals surface area contributed by atoms with Crippen LogP contribution in [0.2, 0.25) is 26.2 Å². The van der Waals surface area contributed by atoms with Crippen molar-refractivity contribution in [1.29, 1.82) is 0 Å². The Morgan fingerprint density at radius 1 is 0.250 bits per heavy atom. The molecular formula is C90H60N12S4Si2. The van der Waals surface area contributed by atoms with E-state index in [1.165, 1.54) is 61.8 Å². The zero-order valence-corrected chi connectivity index (χ0v) is 64.0. The molecule has 0 fully saturated rings. The molecule has 0 radical (unpaired) electrons. The van der Waals surface area contributed by atoms with Gasteiger partial charge in [0, 0.05) is 46.0 Å². The lowest BCUT2D eigenvalue weighted by molar-refractivity contribution is 1.10. The molecule has 10 aromatic heterocycles. The monoisotopic (exact) mass is 1490 g/mol. The zero-order chi connectivity index (χ0) is 71.9. The number of hydrogen-bond acceptors (Lipinski definition) is 14. The first-order valence-electron chi connectivity index (χ1n) is 35.8. The summed E-state index contributed by atoms with van der Waals surface area (Å²) in [5.41, 5.74) is 25.0. The quantitative estimate of drug-likeness (QED) is 0.122. The lowest BCUT2D eigenvalue weighted by Crippen LogP contribution is -2.49. The Hall–Kier alpha value is -12.3. The maximum Gasteiger partial charge on any atom is 0.145 e. The van der Waals surface area contributed by atoms with Crippen molar-refractivity contribution in [2.24, 2.45) is 0 Å². The third-order valence-electron chi connectivity index (χ3n) is 21.1. The van der Waals surface area contributed by atoms with Gasteiger partial charge < -0.3 is 0 Å². The Morgan fingerprint density at radius 2 is 0.574 bits per heavy atom. The summed E-state index contributed by atoms with van der Waals surface area (Å²) in [4.78, 5) is 49.8. The SMILES string of the molecule is C[Si]1(C)c2cc3sc(-c4cccc(-c5ccccn5)n4)nc3cc2-c2cc3nc(-c4cccc(-c5ccccn5)n4)sc3cc21.C[Si]1(C)c2cc3sc(-c4cccc(-c5nc6ccccc6n5-c5ccccc5)c4)nc3cc2-c2cc3nc(-c4cccc(-c5nc6ccccc6n5-c5ccccc5)c4)sc3cc21. The topological polar surface area (TPSA) is 139 Å². The van der Waals surface area contributed by atoms with E-state index >= 15 is 0 Å². The van der Waals surface area contributed by atoms with Gasteiger partial charge in [0.2, 0.25) is 0 Å². The van der Waals surface area contributed by atoms with Crippen molar-refractivity contribution in [3.8, 4) is 122 Å². The number of fused-ring (bicyclic) bond motifs is 12. The van der Waals surface area contributed by atoms with Gasteiger partial charge in [0.25, 0.3) is 0 Å². The molecule has 0 saturated heterocycles. The first-order valence-corrected chi connectivity index (χ1v) is 45.1. The van der Waals surface area contributed by atoms with E-state index in [-0.39, 0.29) is 0 Å². The molecule has 2 aliphatic rings. The molecule has 22 rings (SSSR count). The molecule has 0 spiro atoms. The fraction of sp³-hybridized carbons (Fsp3) is 0.0444. The first-order chi connectivity index (χ1) is 52.9. The van der Waals surface area contributed by atoms with E-state index in [2.05, 4.69) is 252 Å². The van der Waals surface area contributed by atoms with Crippen LogP contribution in [-0.4, -0.2) is 75.1 Å². The van der Waals surface area contributed by atoms with Crippen LogP contribution in [0.3, 0.4) is 0 Å². The van der Waals surface area contributed by atoms with Crippen molar-refractivity contribution >= 4 is 145 Å². The molecule has 0 saturated carbocycles. The number of rotatable bonds is 10. The summed E-state index contributed by atoms with van der Waals surface area (Å²) in [5, 5.41) is 9.72. The molecule has 0 amide bonds. The molecule has 0 aliphatic carbocycles. The average molecular weight is 1490 g/mol. The summed E-state index contributed by atoms with van der Waals surface area (Å²) in [7, 11) is -3.99. The number of para-hydroxylation sites is 6. The van der Waals surface area contributed by atoms with Gasteiger partial charge in [0.1, 0.15) is 47.8 Å². The normalized spacial score (nSPS) is 13.1. The number of imidazole rings is 2. The van der Waals surface area contributed by atoms with Gasteiger partial charge in [-0.05, 0) is 201 Å². The van der Waals surface area contributed by atoms with E-state index in [4.69, 9.17) is 39.9 Å². The van der Waals surface area contributed by atoms with E-state index in [0.717, 1.165) is 144 Å². The van der Waals surface area contributed by atoms with Crippen molar-refractivity contribution in [3.05, 3.63) is 291 Å². The highest BCUT2D eigenvalue weighted by atomic mass is 32.1. The summed E-state index contributed by atoms with van der Waals surface area (Å²) >= 11 is 6.97. The zero-order valence-electron chi connectivity index (χ0n) is 58.7. The molecule has 12 heterocycles. The third kappa shape index (κ3) is 10.8. The predicted molar refractivity (Wildman–Crippen MR) is 454 cm³/mol. The summed E-state index contributed by atoms with van der Waals surface area (Å²) < 4.78 is 9.35. The summed E-state index contributed by atoms with van der Waals surface area (Å²) in [6.45, 7) is 9.89. The molecule has 12 nitrogen and oxygen atoms in total. The van der Waals surface area contributed by atoms with Crippen LogP contribution < -0.4 is 20.7 Å². The number of hydrogen-bond donors (Lipinski definition) is 0. The molecule has 20 aromatic rings. The van der Waals surface area contributed by atoms with Crippen LogP contribution in [0.25, 0.3) is 185 Å². The van der Waals surface area contributed by atoms with Crippen LogP contribution in [0.4, 0.5) is 0 Å². The molecular weight excluding hydrogens is 1430 g/mol. The van der Waals surface area contributed by atoms with E-state index in [1.807, 2.05) is 72.8 Å². The second-order valence-electron chi connectivity index (χ2n) is 28.4. The molecule has 512 valence electrons. The van der Waals surface area contributed by atoms with Gasteiger partial charge in [-0.1, -0.05) is 148 Å². The Bertz CT molecular complexity index is 6610. The van der Waals surface area contributed by atoms with Gasteiger partial charge >= 0.3 is 0 Å². The molecule has 0 N–H and O–H groups in total. The molecule has 10 aromatic carbocycles. The number of nitrogens with zero attached hydrogens (tertiary/aromatic N) is 12. The maximum atomic E-state index is 5.30. The molecule has 2 aliphatic heterocycles. The van der Waals surface area contributed by atoms with Crippen molar-refractivity contribution in [2.45, 2.75) is 26.2 Å². The van der Waals surface area contributed by atoms with E-state index in [1.54, 1.807) is 57.7 Å². The van der Waals surface area contributed by atoms with E-state index < -0.39 is 16.1 Å². The average Bonchev–Trinajstić information content (AvgIpc) is 1.56. The van der Waals surface area contributed by atoms with E-state index in [0.29, 0.717) is 0 Å². The Labute approximate surface area is 638 Å². The van der Waals surface area contributed by atoms with Gasteiger partial charge in [0.15, 0.2) is 0 Å². The summed E-state index contributed by atoms with van der Waals surface area (Å²) in [6.07, 6.45) is 3.59. The highest BCUT2D eigenvalue weighted by Crippen LogP contribution is 2.44. The summed E-state index contributed by atoms with van der Waals surface area (Å²) in [6, 6.07) is 97.9. The predicted octanol–water partition coefficient (Wildman–Crippen LogP) is 21.0. The molecule has 18 heteroatoms. The van der Waals surface area contributed by atoms with Crippen LogP contribution >= 0.6 is 45.3 Å². The van der Waals surface area contributed by atoms with Gasteiger partial charge in [-0.3, -0.25) is 19.1 Å². The van der Waals surface area contributed by atoms with Crippen LogP contribution in [0.1, 0.15) is 0 Å². The minimum absolute atomic E-state index is 0.850. The Kier molecular flexibility index (Phi) is 15.0.